The van der Waals surface area contributed by atoms with Crippen LogP contribution in [0.5, 0.6) is 0 Å². The number of hydrogen-bond donors (Lipinski definition) is 1. The minimum Gasteiger partial charge on any atom is -0.412 e. The molecule has 5 rings (SSSR count). The first-order valence-corrected chi connectivity index (χ1v) is 9.28. The van der Waals surface area contributed by atoms with E-state index in [4.69, 9.17) is 11.8 Å². The molecular weight excluding hydrogens is 362 g/mol. The van der Waals surface area contributed by atoms with Crippen LogP contribution in [0.3, 0.4) is 0 Å². The maximum atomic E-state index is 11.1. The zero-order valence-corrected chi connectivity index (χ0v) is 15.5. The van der Waals surface area contributed by atoms with Crippen molar-refractivity contribution in [3.8, 4) is 0 Å². The third-order valence-electron chi connectivity index (χ3n) is 5.42. The lowest BCUT2D eigenvalue weighted by Gasteiger charge is -2.32. The normalized spacial score (nSPS) is 19.7. The minimum atomic E-state index is -0.597. The minimum absolute atomic E-state index is 0. The van der Waals surface area contributed by atoms with Crippen molar-refractivity contribution in [3.05, 3.63) is 72.3 Å². The van der Waals surface area contributed by atoms with E-state index in [0.29, 0.717) is 6.54 Å². The molecule has 0 aromatic heterocycles. The van der Waals surface area contributed by atoms with Gasteiger partial charge in [-0.25, -0.2) is 0 Å². The van der Waals surface area contributed by atoms with Crippen molar-refractivity contribution in [2.24, 2.45) is 0 Å². The van der Waals surface area contributed by atoms with Crippen LogP contribution in [0.2, 0.25) is 0 Å². The average molecular weight is 384 g/mol. The van der Waals surface area contributed by atoms with Crippen molar-refractivity contribution >= 4 is 33.9 Å². The van der Waals surface area contributed by atoms with Crippen LogP contribution >= 0.6 is 11.8 Å². The second-order valence-corrected chi connectivity index (χ2v) is 7.32. The van der Waals surface area contributed by atoms with Crippen LogP contribution in [0.25, 0.3) is 10.8 Å². The number of rotatable bonds is 3. The standard InChI is InChI=1S/C21H20ClN3O.H2O/c22-25-13-12-23-18-10-3-4-11-19(18)24(21(23)25)14-20(26)17-9-5-7-15-6-1-2-8-16(15)17;/h1-11,20-21,26H,12-14H2;1H2. The van der Waals surface area contributed by atoms with E-state index in [1.165, 1.54) is 5.69 Å². The highest BCUT2D eigenvalue weighted by Crippen LogP contribution is 2.44. The Morgan fingerprint density at radius 3 is 2.48 bits per heavy atom. The molecular formula is C21H22ClN3O2. The van der Waals surface area contributed by atoms with E-state index < -0.39 is 6.10 Å². The second-order valence-electron chi connectivity index (χ2n) is 6.89. The van der Waals surface area contributed by atoms with E-state index >= 15 is 0 Å². The molecule has 6 heteroatoms. The van der Waals surface area contributed by atoms with Crippen LogP contribution in [0, 0.1) is 0 Å². The van der Waals surface area contributed by atoms with Gasteiger partial charge < -0.3 is 20.4 Å². The lowest BCUT2D eigenvalue weighted by atomic mass is 10.00. The Labute approximate surface area is 163 Å². The molecule has 2 atom stereocenters. The van der Waals surface area contributed by atoms with Gasteiger partial charge in [-0.15, -0.1) is 0 Å². The van der Waals surface area contributed by atoms with E-state index in [1.807, 2.05) is 34.8 Å². The van der Waals surface area contributed by atoms with Crippen LogP contribution in [-0.2, 0) is 0 Å². The Hall–Kier alpha value is -2.31. The quantitative estimate of drug-likeness (QED) is 0.706. The summed E-state index contributed by atoms with van der Waals surface area (Å²) in [7, 11) is 0. The Morgan fingerprint density at radius 2 is 1.63 bits per heavy atom. The first-order chi connectivity index (χ1) is 12.7. The number of para-hydroxylation sites is 2. The van der Waals surface area contributed by atoms with Gasteiger partial charge in [0.15, 0.2) is 6.29 Å². The van der Waals surface area contributed by atoms with Crippen molar-refractivity contribution in [1.82, 2.24) is 4.42 Å². The number of benzene rings is 3. The van der Waals surface area contributed by atoms with E-state index in [0.717, 1.165) is 35.1 Å². The van der Waals surface area contributed by atoms with E-state index in [2.05, 4.69) is 46.2 Å². The summed E-state index contributed by atoms with van der Waals surface area (Å²) in [6.07, 6.45) is -0.640. The van der Waals surface area contributed by atoms with E-state index in [9.17, 15) is 5.11 Å². The molecule has 0 amide bonds. The first kappa shape index (κ1) is 18.1. The molecule has 0 radical (unpaired) electrons. The molecule has 0 spiro atoms. The van der Waals surface area contributed by atoms with Crippen molar-refractivity contribution in [3.63, 3.8) is 0 Å². The van der Waals surface area contributed by atoms with Crippen molar-refractivity contribution in [1.29, 1.82) is 0 Å². The summed E-state index contributed by atoms with van der Waals surface area (Å²) in [6.45, 7) is 2.20. The molecule has 0 saturated carbocycles. The molecule has 2 unspecified atom stereocenters. The number of aliphatic hydroxyl groups is 1. The predicted molar refractivity (Wildman–Crippen MR) is 110 cm³/mol. The molecule has 0 aliphatic carbocycles. The van der Waals surface area contributed by atoms with Gasteiger partial charge in [-0.05, 0) is 40.2 Å². The molecule has 2 aliphatic rings. The largest absolute Gasteiger partial charge is 0.412 e. The van der Waals surface area contributed by atoms with Gasteiger partial charge in [0.05, 0.1) is 24.0 Å². The SMILES string of the molecule is O.OC(CN1c2ccccc2N2CCN(Cl)C21)c1cccc2ccccc12. The van der Waals surface area contributed by atoms with Crippen molar-refractivity contribution in [2.45, 2.75) is 12.4 Å². The molecule has 27 heavy (non-hydrogen) atoms. The van der Waals surface area contributed by atoms with Crippen LogP contribution in [0.4, 0.5) is 11.4 Å². The molecule has 3 N–H and O–H groups in total. The summed E-state index contributed by atoms with van der Waals surface area (Å²) in [5.74, 6) is 0. The van der Waals surface area contributed by atoms with Gasteiger partial charge >= 0.3 is 0 Å². The fraction of sp³-hybridized carbons (Fsp3) is 0.238. The maximum absolute atomic E-state index is 11.1. The summed E-state index contributed by atoms with van der Waals surface area (Å²) in [5, 5.41) is 13.3. The van der Waals surface area contributed by atoms with Crippen molar-refractivity contribution < 1.29 is 10.6 Å². The highest BCUT2D eigenvalue weighted by atomic mass is 35.5. The van der Waals surface area contributed by atoms with Gasteiger partial charge in [0.2, 0.25) is 0 Å². The van der Waals surface area contributed by atoms with Crippen LogP contribution in [0.15, 0.2) is 66.7 Å². The van der Waals surface area contributed by atoms with Gasteiger partial charge in [0.1, 0.15) is 0 Å². The summed E-state index contributed by atoms with van der Waals surface area (Å²) < 4.78 is 1.83. The number of fused-ring (bicyclic) bond motifs is 4. The highest BCUT2D eigenvalue weighted by molar-refractivity contribution is 6.14. The fourth-order valence-corrected chi connectivity index (χ4v) is 4.53. The van der Waals surface area contributed by atoms with Gasteiger partial charge in [-0.3, -0.25) is 0 Å². The lowest BCUT2D eigenvalue weighted by molar-refractivity contribution is 0.178. The molecule has 1 saturated heterocycles. The molecule has 5 nitrogen and oxygen atoms in total. The fourth-order valence-electron chi connectivity index (χ4n) is 4.24. The van der Waals surface area contributed by atoms with Gasteiger partial charge in [-0.2, -0.15) is 4.42 Å². The number of β-amino-alcohol motifs (C(OH)–C–C–N with tert-alkyl or cyclic N) is 1. The van der Waals surface area contributed by atoms with Gasteiger partial charge in [0, 0.05) is 13.1 Å². The Kier molecular flexibility index (Phi) is 4.70. The molecule has 1 fully saturated rings. The average Bonchev–Trinajstić information content (AvgIpc) is 3.20. The summed E-state index contributed by atoms with van der Waals surface area (Å²) in [4.78, 5) is 4.51. The Morgan fingerprint density at radius 1 is 0.926 bits per heavy atom. The third-order valence-corrected chi connectivity index (χ3v) is 5.76. The second kappa shape index (κ2) is 7.02. The van der Waals surface area contributed by atoms with E-state index in [1.54, 1.807) is 0 Å². The Bertz CT molecular complexity index is 962. The maximum Gasteiger partial charge on any atom is 0.174 e. The third kappa shape index (κ3) is 2.84. The topological polar surface area (TPSA) is 61.5 Å². The van der Waals surface area contributed by atoms with Crippen molar-refractivity contribution in [2.75, 3.05) is 29.4 Å². The molecule has 140 valence electrons. The van der Waals surface area contributed by atoms with Crippen LogP contribution < -0.4 is 9.80 Å². The molecule has 0 bridgehead atoms. The van der Waals surface area contributed by atoms with Gasteiger partial charge in [0.25, 0.3) is 0 Å². The number of anilines is 2. The zero-order chi connectivity index (χ0) is 17.7. The summed E-state index contributed by atoms with van der Waals surface area (Å²) in [5.41, 5.74) is 3.27. The first-order valence-electron chi connectivity index (χ1n) is 8.94. The van der Waals surface area contributed by atoms with E-state index in [-0.39, 0.29) is 11.8 Å². The lowest BCUT2D eigenvalue weighted by Crippen LogP contribution is -2.46. The number of hydrogen-bond acceptors (Lipinski definition) is 4. The van der Waals surface area contributed by atoms with Gasteiger partial charge in [-0.1, -0.05) is 54.6 Å². The highest BCUT2D eigenvalue weighted by Gasteiger charge is 2.43. The predicted octanol–water partition coefficient (Wildman–Crippen LogP) is 3.13. The van der Waals surface area contributed by atoms with Crippen LogP contribution in [0.1, 0.15) is 11.7 Å². The number of nitrogens with zero attached hydrogens (tertiary/aromatic N) is 3. The molecule has 3 aromatic carbocycles. The smallest absolute Gasteiger partial charge is 0.174 e. The zero-order valence-electron chi connectivity index (χ0n) is 14.8. The number of aliphatic hydroxyl groups excluding tert-OH is 1. The molecule has 2 aliphatic heterocycles. The summed E-state index contributed by atoms with van der Waals surface area (Å²) >= 11 is 6.49. The number of halogens is 1. The Balaban J connectivity index is 0.00000180. The molecule has 3 aromatic rings. The monoisotopic (exact) mass is 383 g/mol. The van der Waals surface area contributed by atoms with Crippen LogP contribution in [-0.4, -0.2) is 40.9 Å². The molecule has 2 heterocycles. The summed E-state index contributed by atoms with van der Waals surface area (Å²) in [6, 6.07) is 22.6.